The van der Waals surface area contributed by atoms with Crippen LogP contribution in [0, 0.1) is 5.92 Å². The molecule has 2 aromatic heterocycles. The van der Waals surface area contributed by atoms with Gasteiger partial charge in [-0.25, -0.2) is 4.98 Å². The summed E-state index contributed by atoms with van der Waals surface area (Å²) >= 11 is 5.06. The van der Waals surface area contributed by atoms with E-state index < -0.39 is 0 Å². The molecule has 10 heteroatoms. The number of carbonyl (C=O) groups is 2. The number of aromatic nitrogens is 4. The second-order valence-corrected chi connectivity index (χ2v) is 13.5. The molecular weight excluding hydrogens is 612 g/mol. The fraction of sp³-hybridized carbons (Fsp3) is 0.469. The summed E-state index contributed by atoms with van der Waals surface area (Å²) in [6.45, 7) is 4.66. The van der Waals surface area contributed by atoms with E-state index in [1.807, 2.05) is 21.9 Å². The van der Waals surface area contributed by atoms with Crippen molar-refractivity contribution in [1.29, 1.82) is 0 Å². The SMILES string of the molecule is CC1CN(C(=O)CCCSc2nnc3c4ccccc4n(Cc4ccc(Br)cc4)c3n2)CCN1C(=O)C1CCCCC1. The van der Waals surface area contributed by atoms with E-state index in [1.54, 1.807) is 11.8 Å². The lowest BCUT2D eigenvalue weighted by atomic mass is 9.88. The fourth-order valence-electron chi connectivity index (χ4n) is 6.32. The molecule has 3 heterocycles. The van der Waals surface area contributed by atoms with Gasteiger partial charge in [0, 0.05) is 60.2 Å². The molecule has 0 spiro atoms. The largest absolute Gasteiger partial charge is 0.339 e. The Hall–Kier alpha value is -2.98. The molecule has 2 amide bonds. The molecule has 1 aliphatic heterocycles. The van der Waals surface area contributed by atoms with Gasteiger partial charge in [0.2, 0.25) is 17.0 Å². The molecule has 42 heavy (non-hydrogen) atoms. The summed E-state index contributed by atoms with van der Waals surface area (Å²) in [6, 6.07) is 16.6. The number of rotatable bonds is 8. The van der Waals surface area contributed by atoms with Crippen LogP contribution in [0.3, 0.4) is 0 Å². The number of piperazine rings is 1. The standard InChI is InChI=1S/C32H37BrN6O2S/c1-22-20-37(17-18-38(22)31(41)24-8-3-2-4-9-24)28(40)12-7-19-42-32-34-30-29(35-36-32)26-10-5-6-11-27(26)39(30)21-23-13-15-25(33)16-14-23/h5-6,10-11,13-16,22,24H,2-4,7-9,12,17-21H2,1H3. The lowest BCUT2D eigenvalue weighted by Crippen LogP contribution is -2.56. The van der Waals surface area contributed by atoms with Gasteiger partial charge in [-0.2, -0.15) is 0 Å². The third kappa shape index (κ3) is 6.34. The van der Waals surface area contributed by atoms with Gasteiger partial charge in [0.05, 0.1) is 5.52 Å². The second kappa shape index (κ2) is 13.1. The summed E-state index contributed by atoms with van der Waals surface area (Å²) in [5, 5.41) is 10.7. The third-order valence-corrected chi connectivity index (χ3v) is 10.0. The van der Waals surface area contributed by atoms with Gasteiger partial charge in [-0.15, -0.1) is 10.2 Å². The van der Waals surface area contributed by atoms with Crippen LogP contribution in [0.2, 0.25) is 0 Å². The van der Waals surface area contributed by atoms with Crippen molar-refractivity contribution in [3.05, 3.63) is 58.6 Å². The molecule has 2 aromatic carbocycles. The van der Waals surface area contributed by atoms with Gasteiger partial charge >= 0.3 is 0 Å². The lowest BCUT2D eigenvalue weighted by Gasteiger charge is -2.41. The van der Waals surface area contributed by atoms with Crippen LogP contribution < -0.4 is 0 Å². The van der Waals surface area contributed by atoms with E-state index in [-0.39, 0.29) is 17.9 Å². The molecule has 0 N–H and O–H groups in total. The predicted molar refractivity (Wildman–Crippen MR) is 170 cm³/mol. The summed E-state index contributed by atoms with van der Waals surface area (Å²) in [5.41, 5.74) is 3.89. The molecule has 1 saturated heterocycles. The van der Waals surface area contributed by atoms with E-state index in [1.165, 1.54) is 12.0 Å². The first-order valence-electron chi connectivity index (χ1n) is 15.0. The zero-order valence-electron chi connectivity index (χ0n) is 24.0. The van der Waals surface area contributed by atoms with Gasteiger partial charge in [0.15, 0.2) is 5.65 Å². The predicted octanol–water partition coefficient (Wildman–Crippen LogP) is 6.30. The molecular formula is C32H37BrN6O2S. The van der Waals surface area contributed by atoms with E-state index in [0.29, 0.717) is 43.7 Å². The maximum absolute atomic E-state index is 13.0. The van der Waals surface area contributed by atoms with Crippen molar-refractivity contribution in [3.8, 4) is 0 Å². The molecule has 1 unspecified atom stereocenters. The topological polar surface area (TPSA) is 84.2 Å². The van der Waals surface area contributed by atoms with Crippen LogP contribution in [0.25, 0.3) is 22.1 Å². The first-order valence-corrected chi connectivity index (χ1v) is 16.8. The number of amides is 2. The van der Waals surface area contributed by atoms with Crippen LogP contribution in [0.5, 0.6) is 0 Å². The summed E-state index contributed by atoms with van der Waals surface area (Å²) < 4.78 is 3.26. The van der Waals surface area contributed by atoms with E-state index in [2.05, 4.69) is 74.0 Å². The highest BCUT2D eigenvalue weighted by atomic mass is 79.9. The Morgan fingerprint density at radius 1 is 1.00 bits per heavy atom. The number of hydrogen-bond acceptors (Lipinski definition) is 6. The molecule has 2 aliphatic rings. The van der Waals surface area contributed by atoms with E-state index >= 15 is 0 Å². The second-order valence-electron chi connectivity index (χ2n) is 11.5. The number of fused-ring (bicyclic) bond motifs is 3. The Bertz CT molecular complexity index is 1570. The minimum Gasteiger partial charge on any atom is -0.339 e. The highest BCUT2D eigenvalue weighted by molar-refractivity contribution is 9.10. The van der Waals surface area contributed by atoms with Crippen molar-refractivity contribution >= 4 is 61.6 Å². The van der Waals surface area contributed by atoms with Crippen LogP contribution in [0.4, 0.5) is 0 Å². The molecule has 0 bridgehead atoms. The van der Waals surface area contributed by atoms with Gasteiger partial charge in [0.25, 0.3) is 0 Å². The minimum atomic E-state index is 0.0712. The van der Waals surface area contributed by atoms with Gasteiger partial charge < -0.3 is 14.4 Å². The normalized spacial score (nSPS) is 18.2. The zero-order chi connectivity index (χ0) is 29.1. The first kappa shape index (κ1) is 29.1. The van der Waals surface area contributed by atoms with Crippen LogP contribution in [0.15, 0.2) is 58.2 Å². The van der Waals surface area contributed by atoms with Crippen LogP contribution in [-0.4, -0.2) is 72.8 Å². The Kier molecular flexibility index (Phi) is 9.09. The van der Waals surface area contributed by atoms with Gasteiger partial charge in [-0.3, -0.25) is 9.59 Å². The van der Waals surface area contributed by atoms with E-state index in [4.69, 9.17) is 4.98 Å². The summed E-state index contributed by atoms with van der Waals surface area (Å²) in [7, 11) is 0. The van der Waals surface area contributed by atoms with Crippen molar-refractivity contribution in [1.82, 2.24) is 29.5 Å². The average Bonchev–Trinajstić information content (AvgIpc) is 3.33. The molecule has 2 fully saturated rings. The zero-order valence-corrected chi connectivity index (χ0v) is 26.4. The van der Waals surface area contributed by atoms with Gasteiger partial charge in [-0.05, 0) is 49.9 Å². The molecule has 1 saturated carbocycles. The van der Waals surface area contributed by atoms with Gasteiger partial charge in [0.1, 0.15) is 5.52 Å². The molecule has 8 nitrogen and oxygen atoms in total. The number of nitrogens with zero attached hydrogens (tertiary/aromatic N) is 6. The van der Waals surface area contributed by atoms with E-state index in [0.717, 1.165) is 64.4 Å². The molecule has 0 radical (unpaired) electrons. The highest BCUT2D eigenvalue weighted by Gasteiger charge is 2.33. The van der Waals surface area contributed by atoms with Crippen molar-refractivity contribution < 1.29 is 9.59 Å². The summed E-state index contributed by atoms with van der Waals surface area (Å²) in [6.07, 6.45) is 6.81. The van der Waals surface area contributed by atoms with Crippen molar-refractivity contribution in [2.24, 2.45) is 5.92 Å². The smallest absolute Gasteiger partial charge is 0.226 e. The fourth-order valence-corrected chi connectivity index (χ4v) is 7.31. The van der Waals surface area contributed by atoms with Crippen molar-refractivity contribution in [2.75, 3.05) is 25.4 Å². The van der Waals surface area contributed by atoms with Gasteiger partial charge in [-0.1, -0.05) is 77.3 Å². The molecule has 4 aromatic rings. The highest BCUT2D eigenvalue weighted by Crippen LogP contribution is 2.29. The number of carbonyl (C=O) groups excluding carboxylic acids is 2. The third-order valence-electron chi connectivity index (χ3n) is 8.59. The Morgan fingerprint density at radius 2 is 1.79 bits per heavy atom. The van der Waals surface area contributed by atoms with E-state index in [9.17, 15) is 9.59 Å². The minimum absolute atomic E-state index is 0.0712. The molecule has 6 rings (SSSR count). The quantitative estimate of drug-likeness (QED) is 0.165. The first-order chi connectivity index (χ1) is 20.5. The maximum Gasteiger partial charge on any atom is 0.226 e. The Labute approximate surface area is 259 Å². The summed E-state index contributed by atoms with van der Waals surface area (Å²) in [4.78, 5) is 34.9. The Balaban J connectivity index is 1.05. The molecule has 1 atom stereocenters. The Morgan fingerprint density at radius 3 is 2.57 bits per heavy atom. The number of halogens is 1. The average molecular weight is 650 g/mol. The number of benzene rings is 2. The van der Waals surface area contributed by atoms with Crippen molar-refractivity contribution in [2.45, 2.75) is 69.6 Å². The molecule has 220 valence electrons. The summed E-state index contributed by atoms with van der Waals surface area (Å²) in [5.74, 6) is 1.38. The number of para-hydroxylation sites is 1. The lowest BCUT2D eigenvalue weighted by molar-refractivity contribution is -0.146. The molecule has 1 aliphatic carbocycles. The monoisotopic (exact) mass is 648 g/mol. The van der Waals surface area contributed by atoms with Crippen LogP contribution >= 0.6 is 27.7 Å². The van der Waals surface area contributed by atoms with Crippen LogP contribution in [-0.2, 0) is 16.1 Å². The van der Waals surface area contributed by atoms with Crippen molar-refractivity contribution in [3.63, 3.8) is 0 Å². The maximum atomic E-state index is 13.0. The van der Waals surface area contributed by atoms with Crippen LogP contribution in [0.1, 0.15) is 57.4 Å². The number of thioether (sulfide) groups is 1. The number of hydrogen-bond donors (Lipinski definition) is 0.